The molecule has 0 radical (unpaired) electrons. The van der Waals surface area contributed by atoms with E-state index in [1.807, 2.05) is 12.1 Å². The number of aliphatic hydroxyl groups excluding tert-OH is 1. The smallest absolute Gasteiger partial charge is 0.123 e. The molecule has 0 amide bonds. The van der Waals surface area contributed by atoms with E-state index in [-0.39, 0.29) is 11.6 Å². The highest BCUT2D eigenvalue weighted by Gasteiger charge is 2.17. The Morgan fingerprint density at radius 1 is 0.840 bits per heavy atom. The number of benzene rings is 2. The molecular formula is C20H24F2N2O. The molecule has 0 aromatic heterocycles. The second kappa shape index (κ2) is 8.41. The third-order valence-corrected chi connectivity index (χ3v) is 4.77. The van der Waals surface area contributed by atoms with Gasteiger partial charge in [0.2, 0.25) is 0 Å². The fourth-order valence-corrected chi connectivity index (χ4v) is 3.24. The fraction of sp³-hybridized carbons (Fsp3) is 0.400. The highest BCUT2D eigenvalue weighted by molar-refractivity contribution is 5.46. The molecule has 0 aliphatic carbocycles. The number of hydrogen-bond acceptors (Lipinski definition) is 3. The highest BCUT2D eigenvalue weighted by atomic mass is 19.1. The quantitative estimate of drug-likeness (QED) is 0.866. The van der Waals surface area contributed by atoms with Gasteiger partial charge in [-0.15, -0.1) is 0 Å². The maximum Gasteiger partial charge on any atom is 0.123 e. The molecule has 3 nitrogen and oxygen atoms in total. The number of halogens is 2. The van der Waals surface area contributed by atoms with Gasteiger partial charge < -0.3 is 10.0 Å². The minimum absolute atomic E-state index is 0.206. The van der Waals surface area contributed by atoms with Crippen molar-refractivity contribution in [1.29, 1.82) is 0 Å². The van der Waals surface area contributed by atoms with E-state index in [0.717, 1.165) is 50.4 Å². The Morgan fingerprint density at radius 2 is 1.40 bits per heavy atom. The van der Waals surface area contributed by atoms with E-state index in [9.17, 15) is 13.9 Å². The van der Waals surface area contributed by atoms with Crippen LogP contribution in [0.5, 0.6) is 0 Å². The number of anilines is 1. The van der Waals surface area contributed by atoms with E-state index >= 15 is 0 Å². The standard InChI is InChI=1S/C20H24F2N2O/c21-17-5-3-16(4-6-17)20(25)2-1-11-23-12-14-24(15-13-23)19-9-7-18(22)8-10-19/h3-10,20,25H,1-2,11-15H2/t20-/m0/s1. The van der Waals surface area contributed by atoms with Crippen molar-refractivity contribution in [3.8, 4) is 0 Å². The summed E-state index contributed by atoms with van der Waals surface area (Å²) in [6, 6.07) is 12.7. The molecule has 1 aliphatic rings. The minimum atomic E-state index is -0.541. The molecule has 1 saturated heterocycles. The van der Waals surface area contributed by atoms with Crippen LogP contribution < -0.4 is 4.90 Å². The first-order valence-electron chi connectivity index (χ1n) is 8.78. The van der Waals surface area contributed by atoms with Gasteiger partial charge in [0.25, 0.3) is 0 Å². The summed E-state index contributed by atoms with van der Waals surface area (Å²) in [5.74, 6) is -0.489. The van der Waals surface area contributed by atoms with Gasteiger partial charge >= 0.3 is 0 Å². The van der Waals surface area contributed by atoms with Crippen molar-refractivity contribution in [1.82, 2.24) is 4.90 Å². The number of rotatable bonds is 6. The minimum Gasteiger partial charge on any atom is -0.388 e. The van der Waals surface area contributed by atoms with E-state index in [0.29, 0.717) is 6.42 Å². The molecule has 1 atom stereocenters. The zero-order valence-corrected chi connectivity index (χ0v) is 14.2. The summed E-state index contributed by atoms with van der Waals surface area (Å²) in [7, 11) is 0. The summed E-state index contributed by atoms with van der Waals surface area (Å²) in [6.45, 7) is 4.71. The van der Waals surface area contributed by atoms with E-state index < -0.39 is 6.10 Å². The number of aliphatic hydroxyl groups is 1. The molecule has 0 bridgehead atoms. The first-order valence-corrected chi connectivity index (χ1v) is 8.78. The Hall–Kier alpha value is -1.98. The molecule has 5 heteroatoms. The summed E-state index contributed by atoms with van der Waals surface area (Å²) in [4.78, 5) is 4.65. The second-order valence-corrected chi connectivity index (χ2v) is 6.51. The molecule has 1 fully saturated rings. The van der Waals surface area contributed by atoms with E-state index in [4.69, 9.17) is 0 Å². The van der Waals surface area contributed by atoms with Gasteiger partial charge in [0, 0.05) is 31.9 Å². The molecular weight excluding hydrogens is 322 g/mol. The van der Waals surface area contributed by atoms with Crippen molar-refractivity contribution in [2.75, 3.05) is 37.6 Å². The van der Waals surface area contributed by atoms with Gasteiger partial charge in [-0.2, -0.15) is 0 Å². The maximum absolute atomic E-state index is 13.0. The molecule has 1 N–H and O–H groups in total. The number of nitrogens with zero attached hydrogens (tertiary/aromatic N) is 2. The van der Waals surface area contributed by atoms with Crippen LogP contribution in [-0.4, -0.2) is 42.7 Å². The highest BCUT2D eigenvalue weighted by Crippen LogP contribution is 2.20. The molecule has 0 spiro atoms. The van der Waals surface area contributed by atoms with E-state index in [1.165, 1.54) is 24.3 Å². The van der Waals surface area contributed by atoms with Crippen LogP contribution in [0.15, 0.2) is 48.5 Å². The topological polar surface area (TPSA) is 26.7 Å². The Morgan fingerprint density at radius 3 is 2.00 bits per heavy atom. The lowest BCUT2D eigenvalue weighted by Crippen LogP contribution is -2.46. The van der Waals surface area contributed by atoms with Crippen molar-refractivity contribution in [3.63, 3.8) is 0 Å². The average Bonchev–Trinajstić information content (AvgIpc) is 2.63. The Labute approximate surface area is 147 Å². The van der Waals surface area contributed by atoms with Gasteiger partial charge in [-0.05, 0) is 61.3 Å². The third-order valence-electron chi connectivity index (χ3n) is 4.77. The van der Waals surface area contributed by atoms with Crippen LogP contribution >= 0.6 is 0 Å². The Kier molecular flexibility index (Phi) is 6.00. The van der Waals surface area contributed by atoms with Crippen LogP contribution in [0.1, 0.15) is 24.5 Å². The molecule has 0 unspecified atom stereocenters. The number of piperazine rings is 1. The zero-order chi connectivity index (χ0) is 17.6. The molecule has 1 heterocycles. The Bertz CT molecular complexity index is 652. The summed E-state index contributed by atoms with van der Waals surface area (Å²) in [5.41, 5.74) is 1.83. The SMILES string of the molecule is O[C@@H](CCCN1CCN(c2ccc(F)cc2)CC1)c1ccc(F)cc1. The van der Waals surface area contributed by atoms with Crippen molar-refractivity contribution in [3.05, 3.63) is 65.7 Å². The van der Waals surface area contributed by atoms with E-state index in [1.54, 1.807) is 12.1 Å². The lowest BCUT2D eigenvalue weighted by atomic mass is 10.0. The fourth-order valence-electron chi connectivity index (χ4n) is 3.24. The van der Waals surface area contributed by atoms with Crippen molar-refractivity contribution >= 4 is 5.69 Å². The van der Waals surface area contributed by atoms with Crippen LogP contribution in [0.25, 0.3) is 0 Å². The van der Waals surface area contributed by atoms with Gasteiger partial charge in [-0.3, -0.25) is 4.90 Å². The zero-order valence-electron chi connectivity index (χ0n) is 14.2. The van der Waals surface area contributed by atoms with E-state index in [2.05, 4.69) is 9.80 Å². The van der Waals surface area contributed by atoms with Crippen molar-refractivity contribution < 1.29 is 13.9 Å². The van der Waals surface area contributed by atoms with Crippen molar-refractivity contribution in [2.24, 2.45) is 0 Å². The predicted molar refractivity (Wildman–Crippen MR) is 95.6 cm³/mol. The summed E-state index contributed by atoms with van der Waals surface area (Å²) < 4.78 is 25.9. The van der Waals surface area contributed by atoms with Crippen LogP contribution in [-0.2, 0) is 0 Å². The summed E-state index contributed by atoms with van der Waals surface area (Å²) in [6.07, 6.45) is 1.03. The monoisotopic (exact) mass is 346 g/mol. The average molecular weight is 346 g/mol. The molecule has 1 aliphatic heterocycles. The largest absolute Gasteiger partial charge is 0.388 e. The van der Waals surface area contributed by atoms with Crippen LogP contribution in [0, 0.1) is 11.6 Å². The first-order chi connectivity index (χ1) is 12.1. The molecule has 25 heavy (non-hydrogen) atoms. The van der Waals surface area contributed by atoms with Gasteiger partial charge in [0.05, 0.1) is 6.10 Å². The molecule has 2 aromatic rings. The second-order valence-electron chi connectivity index (χ2n) is 6.51. The number of hydrogen-bond donors (Lipinski definition) is 1. The van der Waals surface area contributed by atoms with Gasteiger partial charge in [-0.1, -0.05) is 12.1 Å². The lowest BCUT2D eigenvalue weighted by molar-refractivity contribution is 0.154. The third kappa shape index (κ3) is 5.00. The van der Waals surface area contributed by atoms with Crippen LogP contribution in [0.2, 0.25) is 0 Å². The van der Waals surface area contributed by atoms with Gasteiger partial charge in [0.1, 0.15) is 11.6 Å². The molecule has 3 rings (SSSR count). The molecule has 2 aromatic carbocycles. The van der Waals surface area contributed by atoms with Crippen molar-refractivity contribution in [2.45, 2.75) is 18.9 Å². The molecule has 0 saturated carbocycles. The van der Waals surface area contributed by atoms with Crippen LogP contribution in [0.3, 0.4) is 0 Å². The summed E-state index contributed by atoms with van der Waals surface area (Å²) >= 11 is 0. The predicted octanol–water partition coefficient (Wildman–Crippen LogP) is 3.60. The molecule has 134 valence electrons. The Balaban J connectivity index is 1.39. The van der Waals surface area contributed by atoms with Gasteiger partial charge in [0.15, 0.2) is 0 Å². The summed E-state index contributed by atoms with van der Waals surface area (Å²) in [5, 5.41) is 10.2. The van der Waals surface area contributed by atoms with Crippen LogP contribution in [0.4, 0.5) is 14.5 Å². The lowest BCUT2D eigenvalue weighted by Gasteiger charge is -2.36. The van der Waals surface area contributed by atoms with Gasteiger partial charge in [-0.25, -0.2) is 8.78 Å². The first kappa shape index (κ1) is 17.8. The maximum atomic E-state index is 13.0. The normalized spacial score (nSPS) is 16.8.